The van der Waals surface area contributed by atoms with Crippen molar-refractivity contribution in [2.45, 2.75) is 32.1 Å². The lowest BCUT2D eigenvalue weighted by Gasteiger charge is -2.32. The molecule has 1 fully saturated rings. The highest BCUT2D eigenvalue weighted by atomic mass is 35.5. The van der Waals surface area contributed by atoms with Crippen LogP contribution < -0.4 is 10.7 Å². The van der Waals surface area contributed by atoms with Gasteiger partial charge >= 0.3 is 5.91 Å². The molecule has 6 nitrogen and oxygen atoms in total. The average molecular weight is 360 g/mol. The molecule has 0 spiro atoms. The Morgan fingerprint density at radius 3 is 2.32 bits per heavy atom. The normalized spacial score (nSPS) is 34.6. The molecule has 1 aliphatic heterocycles. The minimum absolute atomic E-state index is 0.181. The zero-order valence-corrected chi connectivity index (χ0v) is 15.1. The van der Waals surface area contributed by atoms with Crippen LogP contribution in [0, 0.1) is 33.5 Å². The summed E-state index contributed by atoms with van der Waals surface area (Å²) in [7, 11) is 0. The van der Waals surface area contributed by atoms with Crippen molar-refractivity contribution in [2.75, 3.05) is 13.2 Å². The topological polar surface area (TPSA) is 106 Å². The maximum absolute atomic E-state index is 10.2. The number of nitrogens with two attached hydrogens (primary N) is 1. The molecule has 130 valence electrons. The molecular formula is C18H20ClN4O2+. The molecule has 1 aromatic rings. The van der Waals surface area contributed by atoms with Crippen molar-refractivity contribution < 1.29 is 14.5 Å². The lowest BCUT2D eigenvalue weighted by Crippen LogP contribution is -2.91. The molecule has 3 atom stereocenters. The third kappa shape index (κ3) is 1.63. The third-order valence-corrected chi connectivity index (χ3v) is 5.86. The number of benzene rings is 1. The Bertz CT molecular complexity index is 836. The van der Waals surface area contributed by atoms with Crippen LogP contribution in [-0.4, -0.2) is 25.0 Å². The van der Waals surface area contributed by atoms with Gasteiger partial charge in [0.25, 0.3) is 5.84 Å². The van der Waals surface area contributed by atoms with Crippen molar-refractivity contribution in [1.29, 1.82) is 10.5 Å². The van der Waals surface area contributed by atoms with Crippen LogP contribution in [0.15, 0.2) is 24.3 Å². The van der Waals surface area contributed by atoms with Crippen molar-refractivity contribution in [2.24, 2.45) is 16.6 Å². The summed E-state index contributed by atoms with van der Waals surface area (Å²) < 4.78 is 11.8. The molecule has 0 radical (unpaired) electrons. The maximum Gasteiger partial charge on any atom is 0.343 e. The molecule has 7 heteroatoms. The van der Waals surface area contributed by atoms with Gasteiger partial charge in [-0.1, -0.05) is 30.7 Å². The Kier molecular flexibility index (Phi) is 3.85. The number of fused-ring (bicyclic) bond motifs is 1. The molecule has 1 aromatic carbocycles. The fraction of sp³-hybridized carbons (Fsp3) is 0.500. The van der Waals surface area contributed by atoms with E-state index in [1.54, 1.807) is 32.0 Å². The Balaban J connectivity index is 2.32. The van der Waals surface area contributed by atoms with Crippen molar-refractivity contribution in [3.05, 3.63) is 34.9 Å². The lowest BCUT2D eigenvalue weighted by atomic mass is 9.84. The highest BCUT2D eigenvalue weighted by Crippen LogP contribution is 2.82. The van der Waals surface area contributed by atoms with E-state index in [9.17, 15) is 10.5 Å². The minimum Gasteiger partial charge on any atom is -0.314 e. The highest BCUT2D eigenvalue weighted by molar-refractivity contribution is 6.30. The van der Waals surface area contributed by atoms with E-state index in [0.717, 1.165) is 5.56 Å². The Morgan fingerprint density at radius 1 is 1.20 bits per heavy atom. The van der Waals surface area contributed by atoms with Crippen LogP contribution in [0.2, 0.25) is 5.02 Å². The summed E-state index contributed by atoms with van der Waals surface area (Å²) >= 11 is 6.16. The predicted molar refractivity (Wildman–Crippen MR) is 91.0 cm³/mol. The van der Waals surface area contributed by atoms with Crippen molar-refractivity contribution in [1.82, 2.24) is 0 Å². The van der Waals surface area contributed by atoms with Gasteiger partial charge in [0.1, 0.15) is 0 Å². The predicted octanol–water partition coefficient (Wildman–Crippen LogP) is 0.809. The largest absolute Gasteiger partial charge is 0.343 e. The molecule has 2 aliphatic rings. The Morgan fingerprint density at radius 2 is 1.84 bits per heavy atom. The summed E-state index contributed by atoms with van der Waals surface area (Å²) in [5, 5.41) is 20.8. The van der Waals surface area contributed by atoms with Crippen LogP contribution in [0.3, 0.4) is 0 Å². The van der Waals surface area contributed by atoms with Crippen LogP contribution >= 0.6 is 11.6 Å². The molecule has 3 N–H and O–H groups in total. The number of hydrogen-bond donors (Lipinski definition) is 2. The van der Waals surface area contributed by atoms with E-state index < -0.39 is 22.2 Å². The molecular weight excluding hydrogens is 340 g/mol. The van der Waals surface area contributed by atoms with Crippen molar-refractivity contribution in [3.8, 4) is 12.1 Å². The van der Waals surface area contributed by atoms with Gasteiger partial charge < -0.3 is 9.47 Å². The first kappa shape index (κ1) is 17.7. The van der Waals surface area contributed by atoms with E-state index in [0.29, 0.717) is 5.02 Å². The number of nitrogens with zero attached hydrogens (tertiary/aromatic N) is 2. The molecule has 0 saturated heterocycles. The maximum atomic E-state index is 10.2. The van der Waals surface area contributed by atoms with Crippen molar-refractivity contribution in [3.63, 3.8) is 0 Å². The number of nitrogens with one attached hydrogen (secondary N) is 1. The number of nitriles is 2. The fourth-order valence-corrected chi connectivity index (χ4v) is 4.82. The van der Waals surface area contributed by atoms with E-state index >= 15 is 0 Å². The van der Waals surface area contributed by atoms with Crippen LogP contribution in [0.1, 0.15) is 26.3 Å². The molecule has 0 aromatic heterocycles. The second-order valence-corrected chi connectivity index (χ2v) is 6.82. The monoisotopic (exact) mass is 359 g/mol. The summed E-state index contributed by atoms with van der Waals surface area (Å²) in [6.45, 7) is 6.02. The van der Waals surface area contributed by atoms with Gasteiger partial charge in [-0.05, 0) is 31.5 Å². The average Bonchev–Trinajstić information content (AvgIpc) is 3.01. The van der Waals surface area contributed by atoms with E-state index in [4.69, 9.17) is 26.8 Å². The summed E-state index contributed by atoms with van der Waals surface area (Å²) in [6, 6.07) is 11.8. The standard InChI is InChI=1S/C18H19ClN4O2/c1-4-24-18(25-5-2)17(11-21)15(3,12-7-6-8-13(19)9-12)16(17,10-20)14(22)23-18/h6-9H,4-5H2,1-3H3,(H2,22,23)/p+1/t15-,16-,17+/m0/s1. The molecule has 1 heterocycles. The van der Waals surface area contributed by atoms with Gasteiger partial charge in [-0.3, -0.25) is 5.73 Å². The van der Waals surface area contributed by atoms with Gasteiger partial charge in [0.2, 0.25) is 0 Å². The van der Waals surface area contributed by atoms with Crippen LogP contribution in [0.25, 0.3) is 0 Å². The Hall–Kier alpha value is -2.12. The first-order chi connectivity index (χ1) is 11.9. The van der Waals surface area contributed by atoms with Gasteiger partial charge in [-0.25, -0.2) is 4.99 Å². The van der Waals surface area contributed by atoms with E-state index in [1.165, 1.54) is 0 Å². The summed E-state index contributed by atoms with van der Waals surface area (Å²) in [5.74, 6) is -1.32. The zero-order valence-electron chi connectivity index (χ0n) is 14.4. The summed E-state index contributed by atoms with van der Waals surface area (Å²) in [6.07, 6.45) is 0. The van der Waals surface area contributed by atoms with E-state index in [2.05, 4.69) is 17.1 Å². The number of hydrogen-bond acceptors (Lipinski definition) is 5. The van der Waals surface area contributed by atoms with Gasteiger partial charge in [0, 0.05) is 5.02 Å². The molecule has 0 bridgehead atoms. The summed E-state index contributed by atoms with van der Waals surface area (Å²) in [4.78, 5) is 2.96. The van der Waals surface area contributed by atoms with Crippen LogP contribution in [-0.2, 0) is 14.9 Å². The van der Waals surface area contributed by atoms with E-state index in [1.807, 2.05) is 13.0 Å². The second-order valence-electron chi connectivity index (χ2n) is 6.38. The lowest BCUT2D eigenvalue weighted by molar-refractivity contribution is -0.694. The van der Waals surface area contributed by atoms with E-state index in [-0.39, 0.29) is 19.0 Å². The quantitative estimate of drug-likeness (QED) is 0.757. The van der Waals surface area contributed by atoms with Gasteiger partial charge in [0.15, 0.2) is 10.8 Å². The number of amidine groups is 1. The van der Waals surface area contributed by atoms with Crippen LogP contribution in [0.5, 0.6) is 0 Å². The minimum atomic E-state index is -1.50. The number of rotatable bonds is 5. The van der Waals surface area contributed by atoms with Gasteiger partial charge in [-0.2, -0.15) is 10.5 Å². The van der Waals surface area contributed by atoms with Crippen molar-refractivity contribution >= 4 is 17.4 Å². The number of halogens is 1. The van der Waals surface area contributed by atoms with Crippen LogP contribution in [0.4, 0.5) is 0 Å². The summed E-state index contributed by atoms with van der Waals surface area (Å²) in [5.41, 5.74) is 3.43. The zero-order chi connectivity index (χ0) is 18.5. The molecule has 0 amide bonds. The third-order valence-electron chi connectivity index (χ3n) is 5.63. The second kappa shape index (κ2) is 5.44. The van der Waals surface area contributed by atoms with Gasteiger partial charge in [-0.15, -0.1) is 0 Å². The molecule has 3 rings (SSSR count). The molecule has 25 heavy (non-hydrogen) atoms. The first-order valence-corrected chi connectivity index (χ1v) is 8.52. The molecule has 1 aliphatic carbocycles. The number of ether oxygens (including phenoxy) is 2. The Labute approximate surface area is 151 Å². The fourth-order valence-electron chi connectivity index (χ4n) is 4.63. The first-order valence-electron chi connectivity index (χ1n) is 8.15. The van der Waals surface area contributed by atoms with Gasteiger partial charge in [0.05, 0.1) is 30.8 Å². The highest BCUT2D eigenvalue weighted by Gasteiger charge is 3.03. The smallest absolute Gasteiger partial charge is 0.314 e. The molecule has 0 unspecified atom stereocenters. The SMILES string of the molecule is CCOC1(OCC)[NH+]=C(N)[C@@]2(C#N)[C@](C)(c3cccc(Cl)c3)[C@@]12C#N. The molecule has 1 saturated carbocycles.